The third kappa shape index (κ3) is 2.98. The van der Waals surface area contributed by atoms with Crippen molar-refractivity contribution in [3.05, 3.63) is 44.4 Å². The molecule has 2 aromatic rings. The SMILES string of the molecule is CC(O)c1cc(I)c(O)c(-c2ccc(F)c(Cl)c2)n1. The highest BCUT2D eigenvalue weighted by Gasteiger charge is 2.15. The number of aromatic hydroxyl groups is 1. The van der Waals surface area contributed by atoms with E-state index >= 15 is 0 Å². The van der Waals surface area contributed by atoms with Crippen LogP contribution in [0.4, 0.5) is 4.39 Å². The fraction of sp³-hybridized carbons (Fsp3) is 0.154. The Kier molecular flexibility index (Phi) is 4.27. The van der Waals surface area contributed by atoms with E-state index in [1.807, 2.05) is 22.6 Å². The first kappa shape index (κ1) is 14.5. The Morgan fingerprint density at radius 3 is 2.63 bits per heavy atom. The van der Waals surface area contributed by atoms with Gasteiger partial charge in [0.15, 0.2) is 5.75 Å². The molecule has 0 aliphatic heterocycles. The molecule has 2 N–H and O–H groups in total. The summed E-state index contributed by atoms with van der Waals surface area (Å²) in [7, 11) is 0. The first-order valence-corrected chi connectivity index (χ1v) is 6.88. The second-order valence-corrected chi connectivity index (χ2v) is 5.60. The predicted octanol–water partition coefficient (Wildman–Crippen LogP) is 3.90. The molecule has 2 rings (SSSR count). The van der Waals surface area contributed by atoms with Gasteiger partial charge < -0.3 is 10.2 Å². The molecule has 0 amide bonds. The van der Waals surface area contributed by atoms with Crippen LogP contribution in [-0.2, 0) is 0 Å². The largest absolute Gasteiger partial charge is 0.505 e. The highest BCUT2D eigenvalue weighted by atomic mass is 127. The molecule has 0 aliphatic carbocycles. The standard InChI is InChI=1S/C13H10ClFINO2/c1-6(18)11-5-10(16)13(19)12(17-11)7-2-3-9(15)8(14)4-7/h2-6,18-19H,1H3. The zero-order chi connectivity index (χ0) is 14.2. The lowest BCUT2D eigenvalue weighted by molar-refractivity contribution is 0.194. The van der Waals surface area contributed by atoms with Crippen LogP contribution < -0.4 is 0 Å². The van der Waals surface area contributed by atoms with Crippen LogP contribution in [0.25, 0.3) is 11.3 Å². The van der Waals surface area contributed by atoms with Crippen molar-refractivity contribution in [2.45, 2.75) is 13.0 Å². The summed E-state index contributed by atoms with van der Waals surface area (Å²) >= 11 is 7.67. The third-order valence-corrected chi connectivity index (χ3v) is 3.70. The van der Waals surface area contributed by atoms with E-state index in [0.717, 1.165) is 0 Å². The molecule has 0 spiro atoms. The zero-order valence-corrected chi connectivity index (χ0v) is 12.8. The summed E-state index contributed by atoms with van der Waals surface area (Å²) < 4.78 is 13.7. The van der Waals surface area contributed by atoms with Crippen LogP contribution in [-0.4, -0.2) is 15.2 Å². The predicted molar refractivity (Wildman–Crippen MR) is 79.7 cm³/mol. The van der Waals surface area contributed by atoms with Crippen molar-refractivity contribution >= 4 is 34.2 Å². The summed E-state index contributed by atoms with van der Waals surface area (Å²) in [5.41, 5.74) is 1.19. The molecule has 1 heterocycles. The van der Waals surface area contributed by atoms with Gasteiger partial charge in [-0.15, -0.1) is 0 Å². The number of benzene rings is 1. The fourth-order valence-corrected chi connectivity index (χ4v) is 2.34. The van der Waals surface area contributed by atoms with E-state index in [1.165, 1.54) is 18.2 Å². The minimum Gasteiger partial charge on any atom is -0.505 e. The smallest absolute Gasteiger partial charge is 0.155 e. The van der Waals surface area contributed by atoms with Gasteiger partial charge in [0.1, 0.15) is 11.5 Å². The molecule has 0 fully saturated rings. The lowest BCUT2D eigenvalue weighted by atomic mass is 10.1. The van der Waals surface area contributed by atoms with Gasteiger partial charge in [0, 0.05) is 5.56 Å². The molecule has 1 aromatic heterocycles. The van der Waals surface area contributed by atoms with Crippen molar-refractivity contribution < 1.29 is 14.6 Å². The number of aromatic nitrogens is 1. The molecule has 0 radical (unpaired) electrons. The van der Waals surface area contributed by atoms with Crippen LogP contribution in [0.5, 0.6) is 5.75 Å². The van der Waals surface area contributed by atoms with Crippen LogP contribution in [0.3, 0.4) is 0 Å². The minimum absolute atomic E-state index is 0.0207. The molecule has 6 heteroatoms. The third-order valence-electron chi connectivity index (χ3n) is 2.59. The molecule has 0 aliphatic rings. The Morgan fingerprint density at radius 1 is 1.37 bits per heavy atom. The first-order chi connectivity index (χ1) is 8.90. The Bertz CT molecular complexity index is 634. The molecule has 19 heavy (non-hydrogen) atoms. The van der Waals surface area contributed by atoms with Gasteiger partial charge in [0.25, 0.3) is 0 Å². The van der Waals surface area contributed by atoms with Crippen molar-refractivity contribution in [1.29, 1.82) is 0 Å². The molecule has 0 saturated heterocycles. The topological polar surface area (TPSA) is 53.4 Å². The highest BCUT2D eigenvalue weighted by molar-refractivity contribution is 14.1. The molecular weight excluding hydrogens is 384 g/mol. The van der Waals surface area contributed by atoms with Crippen LogP contribution in [0.1, 0.15) is 18.7 Å². The van der Waals surface area contributed by atoms with Crippen molar-refractivity contribution in [2.24, 2.45) is 0 Å². The number of nitrogens with zero attached hydrogens (tertiary/aromatic N) is 1. The van der Waals surface area contributed by atoms with Gasteiger partial charge in [0.05, 0.1) is 20.4 Å². The highest BCUT2D eigenvalue weighted by Crippen LogP contribution is 2.34. The zero-order valence-electron chi connectivity index (χ0n) is 9.86. The molecule has 1 aromatic carbocycles. The summed E-state index contributed by atoms with van der Waals surface area (Å²) in [5, 5.41) is 19.6. The van der Waals surface area contributed by atoms with Gasteiger partial charge in [-0.05, 0) is 53.8 Å². The van der Waals surface area contributed by atoms with Crippen LogP contribution in [0.15, 0.2) is 24.3 Å². The molecule has 1 unspecified atom stereocenters. The quantitative estimate of drug-likeness (QED) is 0.761. The maximum atomic E-state index is 13.1. The number of halogens is 3. The Balaban J connectivity index is 2.63. The number of pyridine rings is 1. The molecular formula is C13H10ClFINO2. The number of aliphatic hydroxyl groups is 1. The maximum Gasteiger partial charge on any atom is 0.155 e. The van der Waals surface area contributed by atoms with Crippen molar-refractivity contribution in [3.8, 4) is 17.0 Å². The second-order valence-electron chi connectivity index (χ2n) is 4.03. The first-order valence-electron chi connectivity index (χ1n) is 5.43. The fourth-order valence-electron chi connectivity index (χ4n) is 1.58. The van der Waals surface area contributed by atoms with Gasteiger partial charge in [-0.2, -0.15) is 0 Å². The Hall–Kier alpha value is -0.920. The minimum atomic E-state index is -0.760. The normalized spacial score (nSPS) is 12.5. The molecule has 0 bridgehead atoms. The molecule has 1 atom stereocenters. The summed E-state index contributed by atoms with van der Waals surface area (Å²) in [6, 6.07) is 5.67. The van der Waals surface area contributed by atoms with E-state index in [1.54, 1.807) is 13.0 Å². The number of aliphatic hydroxyl groups excluding tert-OH is 1. The van der Waals surface area contributed by atoms with E-state index in [0.29, 0.717) is 14.8 Å². The lowest BCUT2D eigenvalue weighted by Crippen LogP contribution is -1.99. The average molecular weight is 394 g/mol. The molecule has 0 saturated carbocycles. The summed E-state index contributed by atoms with van der Waals surface area (Å²) in [4.78, 5) is 4.19. The van der Waals surface area contributed by atoms with E-state index in [-0.39, 0.29) is 16.5 Å². The van der Waals surface area contributed by atoms with E-state index in [4.69, 9.17) is 11.6 Å². The van der Waals surface area contributed by atoms with Crippen molar-refractivity contribution in [1.82, 2.24) is 4.98 Å². The van der Waals surface area contributed by atoms with Gasteiger partial charge in [-0.25, -0.2) is 9.37 Å². The Labute approximate surface area is 128 Å². The second kappa shape index (κ2) is 5.60. The summed E-state index contributed by atoms with van der Waals surface area (Å²) in [6.07, 6.45) is -0.760. The Morgan fingerprint density at radius 2 is 2.05 bits per heavy atom. The van der Waals surface area contributed by atoms with E-state index in [2.05, 4.69) is 4.98 Å². The van der Waals surface area contributed by atoms with Crippen LogP contribution >= 0.6 is 34.2 Å². The summed E-state index contributed by atoms with van der Waals surface area (Å²) in [6.45, 7) is 1.58. The number of hydrogen-bond donors (Lipinski definition) is 2. The van der Waals surface area contributed by atoms with E-state index in [9.17, 15) is 14.6 Å². The van der Waals surface area contributed by atoms with Gasteiger partial charge >= 0.3 is 0 Å². The number of rotatable bonds is 2. The molecule has 100 valence electrons. The van der Waals surface area contributed by atoms with Crippen molar-refractivity contribution in [3.63, 3.8) is 0 Å². The van der Waals surface area contributed by atoms with Gasteiger partial charge in [-0.1, -0.05) is 11.6 Å². The number of hydrogen-bond acceptors (Lipinski definition) is 3. The monoisotopic (exact) mass is 393 g/mol. The van der Waals surface area contributed by atoms with Crippen LogP contribution in [0, 0.1) is 9.39 Å². The molecule has 3 nitrogen and oxygen atoms in total. The summed E-state index contributed by atoms with van der Waals surface area (Å²) in [5.74, 6) is -0.557. The maximum absolute atomic E-state index is 13.1. The van der Waals surface area contributed by atoms with Crippen LogP contribution in [0.2, 0.25) is 5.02 Å². The van der Waals surface area contributed by atoms with Gasteiger partial charge in [0.2, 0.25) is 0 Å². The van der Waals surface area contributed by atoms with Gasteiger partial charge in [-0.3, -0.25) is 0 Å². The van der Waals surface area contributed by atoms with Crippen molar-refractivity contribution in [2.75, 3.05) is 0 Å². The average Bonchev–Trinajstić information content (AvgIpc) is 2.35. The lowest BCUT2D eigenvalue weighted by Gasteiger charge is -2.11. The van der Waals surface area contributed by atoms with E-state index < -0.39 is 11.9 Å².